The smallest absolute Gasteiger partial charge is 0.000667 e. The molecular weight excluding hydrogens is 198 g/mol. The first-order chi connectivity index (χ1) is 7.70. The van der Waals surface area contributed by atoms with E-state index in [1.165, 1.54) is 51.9 Å². The van der Waals surface area contributed by atoms with E-state index in [1.807, 2.05) is 7.05 Å². The van der Waals surface area contributed by atoms with Gasteiger partial charge in [-0.15, -0.1) is 0 Å². The molecule has 3 nitrogen and oxygen atoms in total. The summed E-state index contributed by atoms with van der Waals surface area (Å²) in [5.74, 6) is 0. The van der Waals surface area contributed by atoms with Crippen molar-refractivity contribution < 1.29 is 0 Å². The van der Waals surface area contributed by atoms with Crippen molar-refractivity contribution in [1.82, 2.24) is 15.1 Å². The first-order valence-electron chi connectivity index (χ1n) is 6.72. The third-order valence-corrected chi connectivity index (χ3v) is 2.93. The highest BCUT2D eigenvalue weighted by atomic mass is 15.1. The molecule has 0 fully saturated rings. The fourth-order valence-electron chi connectivity index (χ4n) is 1.85. The fraction of sp³-hybridized carbons (Fsp3) is 1.00. The Kier molecular flexibility index (Phi) is 11.3. The van der Waals surface area contributed by atoms with E-state index in [-0.39, 0.29) is 0 Å². The Hall–Kier alpha value is -0.120. The maximum absolute atomic E-state index is 3.20. The van der Waals surface area contributed by atoms with Crippen LogP contribution in [0.1, 0.15) is 32.6 Å². The zero-order chi connectivity index (χ0) is 12.2. The molecule has 0 heterocycles. The van der Waals surface area contributed by atoms with E-state index in [4.69, 9.17) is 0 Å². The van der Waals surface area contributed by atoms with Crippen molar-refractivity contribution in [2.45, 2.75) is 32.6 Å². The normalized spacial score (nSPS) is 11.6. The minimum Gasteiger partial charge on any atom is -0.320 e. The Morgan fingerprint density at radius 3 is 2.12 bits per heavy atom. The lowest BCUT2D eigenvalue weighted by molar-refractivity contribution is 0.261. The van der Waals surface area contributed by atoms with Gasteiger partial charge in [-0.05, 0) is 73.1 Å². The third kappa shape index (κ3) is 10.4. The Balaban J connectivity index is 3.36. The quantitative estimate of drug-likeness (QED) is 0.544. The molecule has 0 spiro atoms. The second-order valence-electron chi connectivity index (χ2n) is 4.76. The average Bonchev–Trinajstić information content (AvgIpc) is 2.26. The number of rotatable bonds is 11. The molecule has 0 saturated carbocycles. The summed E-state index contributed by atoms with van der Waals surface area (Å²) in [6, 6.07) is 0. The Labute approximate surface area is 102 Å². The number of nitrogens with one attached hydrogen (secondary N) is 1. The third-order valence-electron chi connectivity index (χ3n) is 2.93. The van der Waals surface area contributed by atoms with Gasteiger partial charge in [0.1, 0.15) is 0 Å². The molecule has 98 valence electrons. The molecule has 0 aromatic carbocycles. The van der Waals surface area contributed by atoms with Crippen LogP contribution in [-0.2, 0) is 0 Å². The average molecular weight is 229 g/mol. The van der Waals surface area contributed by atoms with Gasteiger partial charge in [-0.25, -0.2) is 0 Å². The first-order valence-corrected chi connectivity index (χ1v) is 6.72. The summed E-state index contributed by atoms with van der Waals surface area (Å²) in [6.45, 7) is 8.35. The van der Waals surface area contributed by atoms with Gasteiger partial charge in [0.25, 0.3) is 0 Å². The van der Waals surface area contributed by atoms with Crippen molar-refractivity contribution in [3.05, 3.63) is 0 Å². The Morgan fingerprint density at radius 1 is 0.875 bits per heavy atom. The summed E-state index contributed by atoms with van der Waals surface area (Å²) in [5, 5.41) is 3.20. The van der Waals surface area contributed by atoms with Crippen LogP contribution in [0.15, 0.2) is 0 Å². The van der Waals surface area contributed by atoms with E-state index in [9.17, 15) is 0 Å². The number of unbranched alkanes of at least 4 members (excludes halogenated alkanes) is 2. The van der Waals surface area contributed by atoms with Gasteiger partial charge >= 0.3 is 0 Å². The summed E-state index contributed by atoms with van der Waals surface area (Å²) < 4.78 is 0. The highest BCUT2D eigenvalue weighted by Gasteiger charge is 2.01. The summed E-state index contributed by atoms with van der Waals surface area (Å²) in [5.41, 5.74) is 0. The van der Waals surface area contributed by atoms with Crippen LogP contribution >= 0.6 is 0 Å². The molecular formula is C13H31N3. The summed E-state index contributed by atoms with van der Waals surface area (Å²) in [7, 11) is 6.32. The van der Waals surface area contributed by atoms with Crippen LogP contribution < -0.4 is 5.32 Å². The molecule has 0 rings (SSSR count). The molecule has 0 aromatic rings. The standard InChI is InChI=1S/C13H31N3/c1-5-16(13-9-11-15(3)4)12-8-6-7-10-14-2/h14H,5-13H2,1-4H3. The molecule has 0 radical (unpaired) electrons. The SMILES string of the molecule is CCN(CCCCCNC)CCCN(C)C. The van der Waals surface area contributed by atoms with E-state index >= 15 is 0 Å². The zero-order valence-electron chi connectivity index (χ0n) is 11.8. The van der Waals surface area contributed by atoms with Gasteiger partial charge in [0.2, 0.25) is 0 Å². The predicted molar refractivity (Wildman–Crippen MR) is 73.1 cm³/mol. The van der Waals surface area contributed by atoms with Gasteiger partial charge in [-0.1, -0.05) is 13.3 Å². The largest absolute Gasteiger partial charge is 0.320 e. The highest BCUT2D eigenvalue weighted by Crippen LogP contribution is 1.99. The van der Waals surface area contributed by atoms with Crippen LogP contribution in [0, 0.1) is 0 Å². The monoisotopic (exact) mass is 229 g/mol. The summed E-state index contributed by atoms with van der Waals surface area (Å²) >= 11 is 0. The van der Waals surface area contributed by atoms with Crippen molar-refractivity contribution in [3.63, 3.8) is 0 Å². The van der Waals surface area contributed by atoms with Gasteiger partial charge in [0, 0.05) is 0 Å². The van der Waals surface area contributed by atoms with Gasteiger partial charge < -0.3 is 15.1 Å². The van der Waals surface area contributed by atoms with Crippen LogP contribution in [0.4, 0.5) is 0 Å². The van der Waals surface area contributed by atoms with Gasteiger partial charge in [-0.3, -0.25) is 0 Å². The maximum Gasteiger partial charge on any atom is -0.000667 e. The first kappa shape index (κ1) is 15.9. The van der Waals surface area contributed by atoms with Crippen LogP contribution in [0.2, 0.25) is 0 Å². The summed E-state index contributed by atoms with van der Waals surface area (Å²) in [4.78, 5) is 4.84. The number of hydrogen-bond acceptors (Lipinski definition) is 3. The van der Waals surface area contributed by atoms with Crippen LogP contribution in [0.25, 0.3) is 0 Å². The molecule has 0 aliphatic carbocycles. The molecule has 0 unspecified atom stereocenters. The van der Waals surface area contributed by atoms with E-state index in [0.29, 0.717) is 0 Å². The second-order valence-corrected chi connectivity index (χ2v) is 4.76. The number of hydrogen-bond donors (Lipinski definition) is 1. The van der Waals surface area contributed by atoms with Gasteiger partial charge in [-0.2, -0.15) is 0 Å². The molecule has 0 aliphatic rings. The van der Waals surface area contributed by atoms with Crippen molar-refractivity contribution in [3.8, 4) is 0 Å². The zero-order valence-corrected chi connectivity index (χ0v) is 11.8. The van der Waals surface area contributed by atoms with E-state index < -0.39 is 0 Å². The van der Waals surface area contributed by atoms with Crippen molar-refractivity contribution in [1.29, 1.82) is 0 Å². The van der Waals surface area contributed by atoms with Crippen LogP contribution in [0.3, 0.4) is 0 Å². The minimum atomic E-state index is 1.16. The van der Waals surface area contributed by atoms with Crippen molar-refractivity contribution in [2.24, 2.45) is 0 Å². The highest BCUT2D eigenvalue weighted by molar-refractivity contribution is 4.57. The summed E-state index contributed by atoms with van der Waals surface area (Å²) in [6.07, 6.45) is 5.30. The molecule has 3 heteroatoms. The lowest BCUT2D eigenvalue weighted by Gasteiger charge is -2.21. The second kappa shape index (κ2) is 11.4. The molecule has 0 amide bonds. The lowest BCUT2D eigenvalue weighted by atomic mass is 10.2. The number of nitrogens with zero attached hydrogens (tertiary/aromatic N) is 2. The van der Waals surface area contributed by atoms with Crippen LogP contribution in [-0.4, -0.2) is 63.7 Å². The van der Waals surface area contributed by atoms with Crippen LogP contribution in [0.5, 0.6) is 0 Å². The van der Waals surface area contributed by atoms with Gasteiger partial charge in [0.05, 0.1) is 0 Å². The molecule has 16 heavy (non-hydrogen) atoms. The molecule has 0 saturated heterocycles. The predicted octanol–water partition coefficient (Wildman–Crippen LogP) is 1.65. The topological polar surface area (TPSA) is 18.5 Å². The fourth-order valence-corrected chi connectivity index (χ4v) is 1.85. The lowest BCUT2D eigenvalue weighted by Crippen LogP contribution is -2.28. The van der Waals surface area contributed by atoms with E-state index in [0.717, 1.165) is 6.54 Å². The molecule has 0 bridgehead atoms. The Bertz CT molecular complexity index is 137. The van der Waals surface area contributed by atoms with E-state index in [2.05, 4.69) is 36.1 Å². The molecule has 0 aromatic heterocycles. The Morgan fingerprint density at radius 2 is 1.56 bits per heavy atom. The minimum absolute atomic E-state index is 1.16. The molecule has 1 N–H and O–H groups in total. The van der Waals surface area contributed by atoms with Gasteiger partial charge in [0.15, 0.2) is 0 Å². The van der Waals surface area contributed by atoms with Crippen molar-refractivity contribution in [2.75, 3.05) is 53.9 Å². The molecule has 0 atom stereocenters. The van der Waals surface area contributed by atoms with Crippen molar-refractivity contribution >= 4 is 0 Å². The maximum atomic E-state index is 3.20. The molecule has 0 aliphatic heterocycles. The van der Waals surface area contributed by atoms with E-state index in [1.54, 1.807) is 0 Å².